The molecule has 2 aromatic rings. The number of aromatic nitrogens is 1. The quantitative estimate of drug-likeness (QED) is 0.736. The molecule has 4 rings (SSSR count). The molecule has 0 N–H and O–H groups in total. The highest BCUT2D eigenvalue weighted by atomic mass is 35.5. The molecular formula is C21H23Cl2N3O3. The van der Waals surface area contributed by atoms with Gasteiger partial charge in [0.2, 0.25) is 0 Å². The van der Waals surface area contributed by atoms with Gasteiger partial charge >= 0.3 is 0 Å². The number of nitrogens with zero attached hydrogens (tertiary/aromatic N) is 3. The summed E-state index contributed by atoms with van der Waals surface area (Å²) in [5, 5.41) is 1.01. The Hall–Kier alpha value is -1.86. The van der Waals surface area contributed by atoms with Crippen LogP contribution in [0.3, 0.4) is 0 Å². The molecule has 154 valence electrons. The number of amides is 1. The van der Waals surface area contributed by atoms with E-state index in [1.807, 2.05) is 17.9 Å². The van der Waals surface area contributed by atoms with Gasteiger partial charge in [0.25, 0.3) is 5.91 Å². The summed E-state index contributed by atoms with van der Waals surface area (Å²) >= 11 is 12.4. The zero-order valence-electron chi connectivity index (χ0n) is 16.4. The average Bonchev–Trinajstić information content (AvgIpc) is 2.74. The zero-order valence-corrected chi connectivity index (χ0v) is 17.9. The van der Waals surface area contributed by atoms with Crippen LogP contribution in [0.1, 0.15) is 27.7 Å². The van der Waals surface area contributed by atoms with Crippen LogP contribution in [0, 0.1) is 6.92 Å². The molecular weight excluding hydrogens is 413 g/mol. The minimum atomic E-state index is -0.0858. The predicted molar refractivity (Wildman–Crippen MR) is 112 cm³/mol. The molecule has 1 aromatic carbocycles. The molecule has 1 amide bonds. The number of halogens is 2. The van der Waals surface area contributed by atoms with Crippen LogP contribution in [0.15, 0.2) is 30.5 Å². The molecule has 3 heterocycles. The van der Waals surface area contributed by atoms with E-state index in [9.17, 15) is 4.79 Å². The topological polar surface area (TPSA) is 54.9 Å². The first-order valence-electron chi connectivity index (χ1n) is 9.57. The SMILES string of the molecule is COc1cccc(C(=O)N2CCN3C[C@H](c4cc(C)c(Cl)cn4)OC[C@@H]3C2)c1Cl. The Morgan fingerprint density at radius 3 is 2.86 bits per heavy atom. The Bertz CT molecular complexity index is 924. The maximum atomic E-state index is 13.0. The minimum absolute atomic E-state index is 0.0781. The second-order valence-corrected chi connectivity index (χ2v) is 8.19. The predicted octanol–water partition coefficient (Wildman–Crippen LogP) is 3.60. The molecule has 1 aromatic heterocycles. The lowest BCUT2D eigenvalue weighted by molar-refractivity contribution is -0.0872. The van der Waals surface area contributed by atoms with Crippen LogP contribution < -0.4 is 4.74 Å². The van der Waals surface area contributed by atoms with Crippen molar-refractivity contribution < 1.29 is 14.3 Å². The number of hydrogen-bond acceptors (Lipinski definition) is 5. The van der Waals surface area contributed by atoms with Crippen LogP contribution in [0.25, 0.3) is 0 Å². The lowest BCUT2D eigenvalue weighted by atomic mass is 10.1. The van der Waals surface area contributed by atoms with Crippen molar-refractivity contribution in [1.29, 1.82) is 0 Å². The first kappa shape index (κ1) is 20.4. The molecule has 2 aliphatic rings. The lowest BCUT2D eigenvalue weighted by Crippen LogP contribution is -2.59. The molecule has 0 spiro atoms. The minimum Gasteiger partial charge on any atom is -0.495 e. The van der Waals surface area contributed by atoms with Crippen molar-refractivity contribution in [1.82, 2.24) is 14.8 Å². The van der Waals surface area contributed by atoms with Gasteiger partial charge in [0, 0.05) is 32.4 Å². The molecule has 0 aliphatic carbocycles. The fraction of sp³-hybridized carbons (Fsp3) is 0.429. The molecule has 0 saturated carbocycles. The third kappa shape index (κ3) is 4.08. The number of morpholine rings is 1. The number of methoxy groups -OCH3 is 1. The van der Waals surface area contributed by atoms with Gasteiger partial charge in [-0.15, -0.1) is 0 Å². The maximum absolute atomic E-state index is 13.0. The van der Waals surface area contributed by atoms with Gasteiger partial charge in [-0.1, -0.05) is 29.3 Å². The van der Waals surface area contributed by atoms with E-state index in [0.717, 1.165) is 24.3 Å². The van der Waals surface area contributed by atoms with Gasteiger partial charge in [0.1, 0.15) is 11.9 Å². The van der Waals surface area contributed by atoms with Gasteiger partial charge in [-0.05, 0) is 30.7 Å². The monoisotopic (exact) mass is 435 g/mol. The highest BCUT2D eigenvalue weighted by molar-refractivity contribution is 6.35. The summed E-state index contributed by atoms with van der Waals surface area (Å²) in [7, 11) is 1.54. The third-order valence-electron chi connectivity index (χ3n) is 5.59. The normalized spacial score (nSPS) is 22.3. The number of ether oxygens (including phenoxy) is 2. The van der Waals surface area contributed by atoms with E-state index in [2.05, 4.69) is 9.88 Å². The Balaban J connectivity index is 1.43. The smallest absolute Gasteiger partial charge is 0.255 e. The van der Waals surface area contributed by atoms with Crippen molar-refractivity contribution in [3.05, 3.63) is 57.3 Å². The Kier molecular flexibility index (Phi) is 5.97. The number of fused-ring (bicyclic) bond motifs is 1. The standard InChI is InChI=1S/C21H23Cl2N3O3/c1-13-8-17(24-9-16(13)22)19-11-25-6-7-26(10-14(25)12-29-19)21(27)15-4-3-5-18(28-2)20(15)23/h3-5,8-9,14,19H,6-7,10-12H2,1-2H3/t14-,19+/m0/s1. The molecule has 0 bridgehead atoms. The molecule has 29 heavy (non-hydrogen) atoms. The molecule has 2 atom stereocenters. The zero-order chi connectivity index (χ0) is 20.5. The first-order valence-corrected chi connectivity index (χ1v) is 10.3. The second kappa shape index (κ2) is 8.48. The van der Waals surface area contributed by atoms with Crippen LogP contribution in [0.5, 0.6) is 5.75 Å². The fourth-order valence-corrected chi connectivity index (χ4v) is 4.28. The molecule has 8 heteroatoms. The lowest BCUT2D eigenvalue weighted by Gasteiger charge is -2.46. The number of carbonyl (C=O) groups excluding carboxylic acids is 1. The van der Waals surface area contributed by atoms with E-state index >= 15 is 0 Å². The van der Waals surface area contributed by atoms with Gasteiger partial charge in [-0.25, -0.2) is 0 Å². The molecule has 2 aliphatic heterocycles. The van der Waals surface area contributed by atoms with Crippen molar-refractivity contribution in [2.24, 2.45) is 0 Å². The Morgan fingerprint density at radius 1 is 1.28 bits per heavy atom. The Labute approximate surface area is 180 Å². The summed E-state index contributed by atoms with van der Waals surface area (Å²) in [5.41, 5.74) is 2.36. The van der Waals surface area contributed by atoms with E-state index < -0.39 is 0 Å². The number of benzene rings is 1. The van der Waals surface area contributed by atoms with Crippen LogP contribution in [0.4, 0.5) is 0 Å². The molecule has 6 nitrogen and oxygen atoms in total. The van der Waals surface area contributed by atoms with Gasteiger partial charge in [-0.3, -0.25) is 14.7 Å². The number of pyridine rings is 1. The first-order chi connectivity index (χ1) is 14.0. The fourth-order valence-electron chi connectivity index (χ4n) is 3.89. The van der Waals surface area contributed by atoms with E-state index in [0.29, 0.717) is 41.1 Å². The summed E-state index contributed by atoms with van der Waals surface area (Å²) in [6.45, 7) is 5.29. The highest BCUT2D eigenvalue weighted by Crippen LogP contribution is 2.31. The highest BCUT2D eigenvalue weighted by Gasteiger charge is 2.36. The summed E-state index contributed by atoms with van der Waals surface area (Å²) in [4.78, 5) is 21.7. The van der Waals surface area contributed by atoms with Crippen molar-refractivity contribution in [3.63, 3.8) is 0 Å². The number of carbonyl (C=O) groups is 1. The summed E-state index contributed by atoms with van der Waals surface area (Å²) in [6.07, 6.45) is 1.59. The van der Waals surface area contributed by atoms with Crippen molar-refractivity contribution in [2.75, 3.05) is 39.9 Å². The van der Waals surface area contributed by atoms with Crippen LogP contribution in [-0.4, -0.2) is 66.6 Å². The number of aryl methyl sites for hydroxylation is 1. The number of hydrogen-bond donors (Lipinski definition) is 0. The molecule has 0 radical (unpaired) electrons. The van der Waals surface area contributed by atoms with Gasteiger partial charge in [0.15, 0.2) is 0 Å². The summed E-state index contributed by atoms with van der Waals surface area (Å²) in [6, 6.07) is 7.41. The van der Waals surface area contributed by atoms with Gasteiger partial charge < -0.3 is 14.4 Å². The average molecular weight is 436 g/mol. The van der Waals surface area contributed by atoms with Gasteiger partial charge in [-0.2, -0.15) is 0 Å². The van der Waals surface area contributed by atoms with Crippen LogP contribution >= 0.6 is 23.2 Å². The number of rotatable bonds is 3. The molecule has 0 unspecified atom stereocenters. The van der Waals surface area contributed by atoms with E-state index in [-0.39, 0.29) is 18.1 Å². The molecule has 2 fully saturated rings. The second-order valence-electron chi connectivity index (χ2n) is 7.40. The van der Waals surface area contributed by atoms with E-state index in [4.69, 9.17) is 32.7 Å². The van der Waals surface area contributed by atoms with E-state index in [1.54, 1.807) is 31.5 Å². The Morgan fingerprint density at radius 2 is 2.10 bits per heavy atom. The van der Waals surface area contributed by atoms with Crippen molar-refractivity contribution >= 4 is 29.1 Å². The van der Waals surface area contributed by atoms with Crippen LogP contribution in [0.2, 0.25) is 10.0 Å². The van der Waals surface area contributed by atoms with Crippen LogP contribution in [-0.2, 0) is 4.74 Å². The van der Waals surface area contributed by atoms with E-state index in [1.165, 1.54) is 0 Å². The number of piperazine rings is 1. The summed E-state index contributed by atoms with van der Waals surface area (Å²) in [5.74, 6) is 0.427. The van der Waals surface area contributed by atoms with Gasteiger partial charge in [0.05, 0.1) is 41.1 Å². The summed E-state index contributed by atoms with van der Waals surface area (Å²) < 4.78 is 11.3. The van der Waals surface area contributed by atoms with Crippen molar-refractivity contribution in [3.8, 4) is 5.75 Å². The van der Waals surface area contributed by atoms with Crippen molar-refractivity contribution in [2.45, 2.75) is 19.1 Å². The molecule has 2 saturated heterocycles. The third-order valence-corrected chi connectivity index (χ3v) is 6.38. The largest absolute Gasteiger partial charge is 0.495 e. The maximum Gasteiger partial charge on any atom is 0.255 e.